The molecular formula is C16H23NO4. The fraction of sp³-hybridized carbons (Fsp3) is 0.500. The predicted octanol–water partition coefficient (Wildman–Crippen LogP) is 3.16. The Morgan fingerprint density at radius 3 is 2.05 bits per heavy atom. The van der Waals surface area contributed by atoms with E-state index in [0.717, 1.165) is 0 Å². The molecule has 0 bridgehead atoms. The van der Waals surface area contributed by atoms with E-state index < -0.39 is 23.2 Å². The molecule has 0 aliphatic rings. The Bertz CT molecular complexity index is 500. The van der Waals surface area contributed by atoms with Crippen LogP contribution in [-0.2, 0) is 9.59 Å². The van der Waals surface area contributed by atoms with E-state index in [9.17, 15) is 14.7 Å². The van der Waals surface area contributed by atoms with Gasteiger partial charge in [0.25, 0.3) is 0 Å². The van der Waals surface area contributed by atoms with Crippen LogP contribution in [0.25, 0.3) is 0 Å². The Kier molecular flexibility index (Phi) is 5.35. The third-order valence-corrected chi connectivity index (χ3v) is 2.87. The average molecular weight is 293 g/mol. The van der Waals surface area contributed by atoms with Crippen LogP contribution in [0.3, 0.4) is 0 Å². The number of hydrogen-bond acceptors (Lipinski definition) is 3. The number of benzene rings is 1. The summed E-state index contributed by atoms with van der Waals surface area (Å²) in [5.74, 6) is -2.05. The van der Waals surface area contributed by atoms with Crippen molar-refractivity contribution in [3.63, 3.8) is 0 Å². The second-order valence-electron chi connectivity index (χ2n) is 6.32. The smallest absolute Gasteiger partial charge is 0.316 e. The van der Waals surface area contributed by atoms with E-state index in [4.69, 9.17) is 4.74 Å². The molecule has 5 nitrogen and oxygen atoms in total. The number of carboxylic acid groups (broad SMARTS) is 1. The third-order valence-electron chi connectivity index (χ3n) is 2.87. The van der Waals surface area contributed by atoms with Crippen molar-refractivity contribution in [3.05, 3.63) is 24.3 Å². The fourth-order valence-corrected chi connectivity index (χ4v) is 1.98. The molecule has 0 aliphatic heterocycles. The minimum Gasteiger partial charge on any atom is -0.491 e. The summed E-state index contributed by atoms with van der Waals surface area (Å²) < 4.78 is 5.51. The number of ether oxygens (including phenoxy) is 1. The summed E-state index contributed by atoms with van der Waals surface area (Å²) in [6, 6.07) is 6.86. The molecule has 0 spiro atoms. The van der Waals surface area contributed by atoms with Gasteiger partial charge in [-0.25, -0.2) is 0 Å². The molecule has 1 rings (SSSR count). The van der Waals surface area contributed by atoms with Crippen molar-refractivity contribution in [1.82, 2.24) is 0 Å². The number of aliphatic carboxylic acids is 1. The maximum atomic E-state index is 12.1. The van der Waals surface area contributed by atoms with Gasteiger partial charge in [0.05, 0.1) is 6.10 Å². The van der Waals surface area contributed by atoms with Crippen molar-refractivity contribution in [2.75, 3.05) is 5.32 Å². The van der Waals surface area contributed by atoms with Crippen LogP contribution < -0.4 is 10.1 Å². The van der Waals surface area contributed by atoms with Crippen molar-refractivity contribution in [1.29, 1.82) is 0 Å². The number of rotatable bonds is 5. The Balaban J connectivity index is 2.80. The van der Waals surface area contributed by atoms with Crippen molar-refractivity contribution < 1.29 is 19.4 Å². The van der Waals surface area contributed by atoms with Gasteiger partial charge >= 0.3 is 5.97 Å². The van der Waals surface area contributed by atoms with Crippen molar-refractivity contribution in [2.45, 2.75) is 40.7 Å². The molecule has 5 heteroatoms. The van der Waals surface area contributed by atoms with Gasteiger partial charge in [-0.3, -0.25) is 9.59 Å². The van der Waals surface area contributed by atoms with E-state index in [-0.39, 0.29) is 6.10 Å². The van der Waals surface area contributed by atoms with Gasteiger partial charge in [-0.05, 0) is 43.5 Å². The minimum absolute atomic E-state index is 0.0720. The fourth-order valence-electron chi connectivity index (χ4n) is 1.98. The van der Waals surface area contributed by atoms with Crippen molar-refractivity contribution in [3.8, 4) is 5.75 Å². The van der Waals surface area contributed by atoms with E-state index in [2.05, 4.69) is 5.32 Å². The molecule has 0 fully saturated rings. The maximum absolute atomic E-state index is 12.1. The molecule has 0 heterocycles. The first-order valence-corrected chi connectivity index (χ1v) is 6.91. The zero-order chi connectivity index (χ0) is 16.2. The first-order chi connectivity index (χ1) is 9.61. The standard InChI is InChI=1S/C16H23NO4/c1-10(2)21-12-8-6-11(7-9-12)17-14(18)13(15(19)20)16(3,4)5/h6-10,13H,1-5H3,(H,17,18)(H,19,20). The van der Waals surface area contributed by atoms with Crippen LogP contribution in [0.15, 0.2) is 24.3 Å². The quantitative estimate of drug-likeness (QED) is 0.818. The summed E-state index contributed by atoms with van der Waals surface area (Å²) in [6.07, 6.45) is 0.0720. The molecule has 116 valence electrons. The Labute approximate surface area is 125 Å². The lowest BCUT2D eigenvalue weighted by Crippen LogP contribution is -2.39. The largest absolute Gasteiger partial charge is 0.491 e. The number of carboxylic acids is 1. The number of anilines is 1. The highest BCUT2D eigenvalue weighted by Crippen LogP contribution is 2.28. The van der Waals surface area contributed by atoms with Crippen LogP contribution in [0.2, 0.25) is 0 Å². The lowest BCUT2D eigenvalue weighted by molar-refractivity contribution is -0.149. The zero-order valence-electron chi connectivity index (χ0n) is 13.1. The SMILES string of the molecule is CC(C)Oc1ccc(NC(=O)C(C(=O)O)C(C)(C)C)cc1. The molecule has 2 N–H and O–H groups in total. The first-order valence-electron chi connectivity index (χ1n) is 6.91. The van der Waals surface area contributed by atoms with E-state index in [1.165, 1.54) is 0 Å². The summed E-state index contributed by atoms with van der Waals surface area (Å²) in [7, 11) is 0. The zero-order valence-corrected chi connectivity index (χ0v) is 13.1. The first kappa shape index (κ1) is 17.0. The van der Waals surface area contributed by atoms with Gasteiger partial charge < -0.3 is 15.2 Å². The summed E-state index contributed by atoms with van der Waals surface area (Å²) in [4.78, 5) is 23.4. The Morgan fingerprint density at radius 2 is 1.67 bits per heavy atom. The van der Waals surface area contributed by atoms with Crippen molar-refractivity contribution >= 4 is 17.6 Å². The topological polar surface area (TPSA) is 75.6 Å². The summed E-state index contributed by atoms with van der Waals surface area (Å²) in [5.41, 5.74) is -0.108. The summed E-state index contributed by atoms with van der Waals surface area (Å²) >= 11 is 0. The third kappa shape index (κ3) is 5.10. The minimum atomic E-state index is -1.13. The van der Waals surface area contributed by atoms with E-state index >= 15 is 0 Å². The molecule has 1 aromatic carbocycles. The van der Waals surface area contributed by atoms with E-state index in [1.54, 1.807) is 45.0 Å². The maximum Gasteiger partial charge on any atom is 0.316 e. The van der Waals surface area contributed by atoms with Crippen molar-refractivity contribution in [2.24, 2.45) is 11.3 Å². The van der Waals surface area contributed by atoms with Gasteiger partial charge in [0, 0.05) is 5.69 Å². The van der Waals surface area contributed by atoms with Gasteiger partial charge in [-0.15, -0.1) is 0 Å². The molecule has 0 saturated carbocycles. The van der Waals surface area contributed by atoms with E-state index in [0.29, 0.717) is 11.4 Å². The molecule has 0 radical (unpaired) electrons. The molecular weight excluding hydrogens is 270 g/mol. The molecule has 1 amide bonds. The summed E-state index contributed by atoms with van der Waals surface area (Å²) in [5, 5.41) is 11.9. The molecule has 1 atom stereocenters. The van der Waals surface area contributed by atoms with Crippen LogP contribution in [0.5, 0.6) is 5.75 Å². The highest BCUT2D eigenvalue weighted by atomic mass is 16.5. The number of carbonyl (C=O) groups is 2. The van der Waals surface area contributed by atoms with Gasteiger partial charge in [0.2, 0.25) is 5.91 Å². The normalized spacial score (nSPS) is 12.9. The van der Waals surface area contributed by atoms with Gasteiger partial charge in [0.1, 0.15) is 11.7 Å². The van der Waals surface area contributed by atoms with Gasteiger partial charge in [-0.1, -0.05) is 20.8 Å². The molecule has 0 saturated heterocycles. The van der Waals surface area contributed by atoms with Crippen LogP contribution >= 0.6 is 0 Å². The molecule has 0 aliphatic carbocycles. The second-order valence-corrected chi connectivity index (χ2v) is 6.32. The molecule has 21 heavy (non-hydrogen) atoms. The van der Waals surface area contributed by atoms with Crippen LogP contribution in [0.1, 0.15) is 34.6 Å². The molecule has 0 aromatic heterocycles. The lowest BCUT2D eigenvalue weighted by atomic mass is 9.80. The van der Waals surface area contributed by atoms with Gasteiger partial charge in [0.15, 0.2) is 0 Å². The van der Waals surface area contributed by atoms with Crippen LogP contribution in [0, 0.1) is 11.3 Å². The number of hydrogen-bond donors (Lipinski definition) is 2. The second kappa shape index (κ2) is 6.61. The Morgan fingerprint density at radius 1 is 1.14 bits per heavy atom. The van der Waals surface area contributed by atoms with E-state index in [1.807, 2.05) is 13.8 Å². The molecule has 1 aromatic rings. The monoisotopic (exact) mass is 293 g/mol. The van der Waals surface area contributed by atoms with Gasteiger partial charge in [-0.2, -0.15) is 0 Å². The molecule has 1 unspecified atom stereocenters. The lowest BCUT2D eigenvalue weighted by Gasteiger charge is -2.25. The highest BCUT2D eigenvalue weighted by molar-refractivity contribution is 6.04. The average Bonchev–Trinajstić information content (AvgIpc) is 2.28. The predicted molar refractivity (Wildman–Crippen MR) is 81.4 cm³/mol. The summed E-state index contributed by atoms with van der Waals surface area (Å²) in [6.45, 7) is 9.04. The van der Waals surface area contributed by atoms with Crippen LogP contribution in [0.4, 0.5) is 5.69 Å². The Hall–Kier alpha value is -2.04. The number of nitrogens with one attached hydrogen (secondary N) is 1. The number of amides is 1. The van der Waals surface area contributed by atoms with Crippen LogP contribution in [-0.4, -0.2) is 23.1 Å². The number of carbonyl (C=O) groups excluding carboxylic acids is 1. The highest BCUT2D eigenvalue weighted by Gasteiger charge is 2.37.